The van der Waals surface area contributed by atoms with Gasteiger partial charge in [0.1, 0.15) is 0 Å². The smallest absolute Gasteiger partial charge is 0.0594 e. The van der Waals surface area contributed by atoms with Gasteiger partial charge >= 0.3 is 0 Å². The van der Waals surface area contributed by atoms with Gasteiger partial charge in [0.05, 0.1) is 19.8 Å². The molecule has 0 aliphatic carbocycles. The lowest BCUT2D eigenvalue weighted by Crippen LogP contribution is -2.39. The van der Waals surface area contributed by atoms with Gasteiger partial charge in [-0.3, -0.25) is 4.90 Å². The fourth-order valence-corrected chi connectivity index (χ4v) is 1.60. The Kier molecular flexibility index (Phi) is 5.35. The van der Waals surface area contributed by atoms with E-state index >= 15 is 0 Å². The third kappa shape index (κ3) is 4.60. The summed E-state index contributed by atoms with van der Waals surface area (Å²) in [4.78, 5) is 2.45. The molecule has 0 aromatic carbocycles. The molecule has 0 bridgehead atoms. The zero-order valence-corrected chi connectivity index (χ0v) is 8.79. The number of nitrogens with zero attached hydrogens (tertiary/aromatic N) is 1. The van der Waals surface area contributed by atoms with E-state index in [1.807, 2.05) is 6.92 Å². The fraction of sp³-hybridized carbons (Fsp3) is 1.00. The minimum absolute atomic E-state index is 0.637. The Morgan fingerprint density at radius 3 is 2.69 bits per heavy atom. The fourth-order valence-electron chi connectivity index (χ4n) is 1.60. The van der Waals surface area contributed by atoms with Gasteiger partial charge in [0.15, 0.2) is 0 Å². The molecule has 0 saturated carbocycles. The van der Waals surface area contributed by atoms with Gasteiger partial charge in [0.2, 0.25) is 0 Å². The van der Waals surface area contributed by atoms with Crippen molar-refractivity contribution in [1.29, 1.82) is 0 Å². The average Bonchev–Trinajstić information content (AvgIpc) is 2.16. The zero-order valence-electron chi connectivity index (χ0n) is 8.79. The molecule has 0 aromatic heterocycles. The Morgan fingerprint density at radius 1 is 1.38 bits per heavy atom. The van der Waals surface area contributed by atoms with Crippen molar-refractivity contribution in [1.82, 2.24) is 4.90 Å². The Balaban J connectivity index is 2.07. The van der Waals surface area contributed by atoms with Crippen molar-refractivity contribution in [2.45, 2.75) is 13.8 Å². The number of hydrogen-bond acceptors (Lipinski definition) is 3. The van der Waals surface area contributed by atoms with Crippen LogP contribution in [-0.2, 0) is 9.47 Å². The van der Waals surface area contributed by atoms with Gasteiger partial charge in [-0.25, -0.2) is 0 Å². The molecule has 0 aromatic rings. The molecule has 1 aliphatic rings. The molecule has 1 aliphatic heterocycles. The Bertz CT molecular complexity index is 124. The maximum atomic E-state index is 5.38. The summed E-state index contributed by atoms with van der Waals surface area (Å²) < 4.78 is 10.7. The molecule has 13 heavy (non-hydrogen) atoms. The third-order valence-corrected chi connectivity index (χ3v) is 2.28. The lowest BCUT2D eigenvalue weighted by Gasteiger charge is -2.28. The first-order valence-electron chi connectivity index (χ1n) is 5.20. The van der Waals surface area contributed by atoms with Crippen molar-refractivity contribution in [3.8, 4) is 0 Å². The predicted octanol–water partition coefficient (Wildman–Crippen LogP) is 0.991. The van der Waals surface area contributed by atoms with E-state index in [-0.39, 0.29) is 0 Å². The first-order chi connectivity index (χ1) is 6.33. The van der Waals surface area contributed by atoms with Crippen LogP contribution in [0.3, 0.4) is 0 Å². The number of morpholine rings is 1. The molecule has 1 atom stereocenters. The van der Waals surface area contributed by atoms with Crippen LogP contribution in [0.2, 0.25) is 0 Å². The molecule has 78 valence electrons. The lowest BCUT2D eigenvalue weighted by molar-refractivity contribution is 0.0214. The van der Waals surface area contributed by atoms with Crippen LogP contribution in [0.4, 0.5) is 0 Å². The van der Waals surface area contributed by atoms with Gasteiger partial charge in [-0.15, -0.1) is 0 Å². The molecule has 1 rings (SSSR count). The van der Waals surface area contributed by atoms with Crippen LogP contribution in [0.25, 0.3) is 0 Å². The Morgan fingerprint density at radius 2 is 2.08 bits per heavy atom. The molecule has 3 nitrogen and oxygen atoms in total. The summed E-state index contributed by atoms with van der Waals surface area (Å²) in [5.74, 6) is 0.637. The van der Waals surface area contributed by atoms with E-state index in [9.17, 15) is 0 Å². The van der Waals surface area contributed by atoms with Crippen molar-refractivity contribution in [2.24, 2.45) is 5.92 Å². The van der Waals surface area contributed by atoms with Gasteiger partial charge < -0.3 is 9.47 Å². The minimum atomic E-state index is 0.637. The second-order valence-electron chi connectivity index (χ2n) is 3.68. The standard InChI is InChI=1S/C10H21NO2/c1-3-12-9-10(2)8-11-4-6-13-7-5-11/h10H,3-9H2,1-2H3. The first-order valence-corrected chi connectivity index (χ1v) is 5.20. The summed E-state index contributed by atoms with van der Waals surface area (Å²) in [5, 5.41) is 0. The van der Waals surface area contributed by atoms with E-state index in [2.05, 4.69) is 11.8 Å². The van der Waals surface area contributed by atoms with E-state index in [1.165, 1.54) is 0 Å². The topological polar surface area (TPSA) is 21.7 Å². The normalized spacial score (nSPS) is 21.7. The van der Waals surface area contributed by atoms with E-state index in [0.29, 0.717) is 5.92 Å². The largest absolute Gasteiger partial charge is 0.381 e. The van der Waals surface area contributed by atoms with Gasteiger partial charge in [0, 0.05) is 26.2 Å². The molecular formula is C10H21NO2. The maximum Gasteiger partial charge on any atom is 0.0594 e. The highest BCUT2D eigenvalue weighted by atomic mass is 16.5. The summed E-state index contributed by atoms with van der Waals surface area (Å²) in [6, 6.07) is 0. The summed E-state index contributed by atoms with van der Waals surface area (Å²) in [6.45, 7) is 11.1. The maximum absolute atomic E-state index is 5.38. The van der Waals surface area contributed by atoms with Crippen molar-refractivity contribution >= 4 is 0 Å². The molecule has 1 fully saturated rings. The average molecular weight is 187 g/mol. The van der Waals surface area contributed by atoms with Crippen LogP contribution >= 0.6 is 0 Å². The molecule has 0 radical (unpaired) electrons. The molecule has 0 spiro atoms. The van der Waals surface area contributed by atoms with E-state index < -0.39 is 0 Å². The molecule has 0 N–H and O–H groups in total. The van der Waals surface area contributed by atoms with Crippen LogP contribution in [-0.4, -0.2) is 51.0 Å². The summed E-state index contributed by atoms with van der Waals surface area (Å²) in [5.41, 5.74) is 0. The highest BCUT2D eigenvalue weighted by Crippen LogP contribution is 2.03. The van der Waals surface area contributed by atoms with Crippen LogP contribution in [0, 0.1) is 5.92 Å². The predicted molar refractivity (Wildman–Crippen MR) is 52.9 cm³/mol. The van der Waals surface area contributed by atoms with Gasteiger partial charge in [-0.05, 0) is 12.8 Å². The summed E-state index contributed by atoms with van der Waals surface area (Å²) >= 11 is 0. The second kappa shape index (κ2) is 6.35. The van der Waals surface area contributed by atoms with Crippen LogP contribution in [0.5, 0.6) is 0 Å². The van der Waals surface area contributed by atoms with Crippen LogP contribution in [0.15, 0.2) is 0 Å². The summed E-state index contributed by atoms with van der Waals surface area (Å²) in [6.07, 6.45) is 0. The highest BCUT2D eigenvalue weighted by Gasteiger charge is 2.13. The van der Waals surface area contributed by atoms with Crippen LogP contribution < -0.4 is 0 Å². The Labute approximate surface area is 81.0 Å². The van der Waals surface area contributed by atoms with Gasteiger partial charge in [-0.1, -0.05) is 6.92 Å². The second-order valence-corrected chi connectivity index (χ2v) is 3.68. The minimum Gasteiger partial charge on any atom is -0.381 e. The quantitative estimate of drug-likeness (QED) is 0.640. The van der Waals surface area contributed by atoms with Crippen molar-refractivity contribution < 1.29 is 9.47 Å². The van der Waals surface area contributed by atoms with E-state index in [0.717, 1.165) is 46.1 Å². The number of hydrogen-bond donors (Lipinski definition) is 0. The van der Waals surface area contributed by atoms with Crippen molar-refractivity contribution in [2.75, 3.05) is 46.1 Å². The molecular weight excluding hydrogens is 166 g/mol. The van der Waals surface area contributed by atoms with E-state index in [4.69, 9.17) is 9.47 Å². The summed E-state index contributed by atoms with van der Waals surface area (Å²) in [7, 11) is 0. The van der Waals surface area contributed by atoms with Gasteiger partial charge in [-0.2, -0.15) is 0 Å². The number of ether oxygens (including phenoxy) is 2. The van der Waals surface area contributed by atoms with Crippen molar-refractivity contribution in [3.05, 3.63) is 0 Å². The zero-order chi connectivity index (χ0) is 9.52. The molecule has 1 saturated heterocycles. The van der Waals surface area contributed by atoms with Gasteiger partial charge in [0.25, 0.3) is 0 Å². The molecule has 1 heterocycles. The first kappa shape index (κ1) is 11.0. The van der Waals surface area contributed by atoms with Crippen LogP contribution in [0.1, 0.15) is 13.8 Å². The lowest BCUT2D eigenvalue weighted by atomic mass is 10.2. The SMILES string of the molecule is CCOCC(C)CN1CCOCC1. The van der Waals surface area contributed by atoms with E-state index in [1.54, 1.807) is 0 Å². The number of rotatable bonds is 5. The molecule has 0 amide bonds. The highest BCUT2D eigenvalue weighted by molar-refractivity contribution is 4.65. The monoisotopic (exact) mass is 187 g/mol. The Hall–Kier alpha value is -0.120. The van der Waals surface area contributed by atoms with Crippen molar-refractivity contribution in [3.63, 3.8) is 0 Å². The molecule has 1 unspecified atom stereocenters. The molecule has 3 heteroatoms. The third-order valence-electron chi connectivity index (χ3n) is 2.28.